The van der Waals surface area contributed by atoms with Crippen LogP contribution >= 0.6 is 0 Å². The van der Waals surface area contributed by atoms with Gasteiger partial charge in [0.15, 0.2) is 0 Å². The zero-order chi connectivity index (χ0) is 12.5. The minimum absolute atomic E-state index is 0.0694. The Kier molecular flexibility index (Phi) is 6.62. The van der Waals surface area contributed by atoms with Crippen LogP contribution in [0.1, 0.15) is 32.1 Å². The molecule has 1 aliphatic rings. The summed E-state index contributed by atoms with van der Waals surface area (Å²) >= 11 is 0. The van der Waals surface area contributed by atoms with E-state index in [1.54, 1.807) is 7.05 Å². The fraction of sp³-hybridized carbons (Fsp3) is 0.833. The molecule has 2 N–H and O–H groups in total. The van der Waals surface area contributed by atoms with E-state index in [0.29, 0.717) is 19.4 Å². The van der Waals surface area contributed by atoms with Crippen molar-refractivity contribution >= 4 is 11.8 Å². The molecule has 5 heteroatoms. The number of carbonyl (C=O) groups is 2. The van der Waals surface area contributed by atoms with Gasteiger partial charge in [-0.15, -0.1) is 0 Å². The van der Waals surface area contributed by atoms with Crippen LogP contribution in [0.5, 0.6) is 0 Å². The molecule has 5 nitrogen and oxygen atoms in total. The molecule has 0 aromatic rings. The topological polar surface area (TPSA) is 61.4 Å². The highest BCUT2D eigenvalue weighted by molar-refractivity contribution is 5.76. The molecule has 0 aromatic heterocycles. The third-order valence-corrected chi connectivity index (χ3v) is 3.01. The van der Waals surface area contributed by atoms with E-state index in [1.807, 2.05) is 4.90 Å². The molecule has 17 heavy (non-hydrogen) atoms. The summed E-state index contributed by atoms with van der Waals surface area (Å²) in [4.78, 5) is 24.5. The summed E-state index contributed by atoms with van der Waals surface area (Å²) in [5.74, 6) is 0.321. The lowest BCUT2D eigenvalue weighted by molar-refractivity contribution is -0.130. The quantitative estimate of drug-likeness (QED) is 0.622. The van der Waals surface area contributed by atoms with Crippen LogP contribution in [0, 0.1) is 0 Å². The Bertz CT molecular complexity index is 250. The van der Waals surface area contributed by atoms with Gasteiger partial charge in [0.05, 0.1) is 0 Å². The maximum absolute atomic E-state index is 11.7. The molecule has 0 aromatic carbocycles. The summed E-state index contributed by atoms with van der Waals surface area (Å²) in [5, 5.41) is 5.78. The van der Waals surface area contributed by atoms with E-state index in [0.717, 1.165) is 38.9 Å². The Morgan fingerprint density at radius 2 is 1.82 bits per heavy atom. The van der Waals surface area contributed by atoms with Gasteiger partial charge in [-0.25, -0.2) is 0 Å². The van der Waals surface area contributed by atoms with Crippen molar-refractivity contribution in [3.63, 3.8) is 0 Å². The number of rotatable bonds is 7. The molecule has 1 saturated heterocycles. The van der Waals surface area contributed by atoms with E-state index >= 15 is 0 Å². The molecule has 1 rings (SSSR count). The second-order valence-corrected chi connectivity index (χ2v) is 4.36. The first kappa shape index (κ1) is 14.0. The van der Waals surface area contributed by atoms with Crippen LogP contribution < -0.4 is 10.6 Å². The lowest BCUT2D eigenvalue weighted by Gasteiger charge is -2.15. The highest BCUT2D eigenvalue weighted by Crippen LogP contribution is 2.08. The smallest absolute Gasteiger partial charge is 0.223 e. The first-order valence-corrected chi connectivity index (χ1v) is 6.43. The van der Waals surface area contributed by atoms with Crippen molar-refractivity contribution in [1.82, 2.24) is 15.5 Å². The van der Waals surface area contributed by atoms with Crippen LogP contribution in [-0.4, -0.2) is 49.9 Å². The summed E-state index contributed by atoms with van der Waals surface area (Å²) in [6.07, 6.45) is 4.22. The summed E-state index contributed by atoms with van der Waals surface area (Å²) in [5.41, 5.74) is 0. The molecule has 2 amide bonds. The molecule has 0 bridgehead atoms. The van der Waals surface area contributed by atoms with Gasteiger partial charge in [-0.1, -0.05) is 0 Å². The van der Waals surface area contributed by atoms with Gasteiger partial charge < -0.3 is 15.5 Å². The Morgan fingerprint density at radius 3 is 2.47 bits per heavy atom. The molecule has 0 aliphatic carbocycles. The number of hydrogen-bond acceptors (Lipinski definition) is 3. The van der Waals surface area contributed by atoms with Crippen LogP contribution in [0.2, 0.25) is 0 Å². The van der Waals surface area contributed by atoms with Gasteiger partial charge in [0.1, 0.15) is 0 Å². The third-order valence-electron chi connectivity index (χ3n) is 3.01. The monoisotopic (exact) mass is 241 g/mol. The minimum Gasteiger partial charge on any atom is -0.359 e. The molecular formula is C12H23N3O2. The molecular weight excluding hydrogens is 218 g/mol. The molecule has 0 radical (unpaired) electrons. The van der Waals surface area contributed by atoms with Gasteiger partial charge in [-0.2, -0.15) is 0 Å². The lowest BCUT2D eigenvalue weighted by Crippen LogP contribution is -2.31. The number of amides is 2. The SMILES string of the molecule is CNC(=O)CCCNCCC(=O)N1CCCC1. The van der Waals surface area contributed by atoms with E-state index in [1.165, 1.54) is 0 Å². The summed E-state index contributed by atoms with van der Waals surface area (Å²) in [6, 6.07) is 0. The van der Waals surface area contributed by atoms with Crippen molar-refractivity contribution in [1.29, 1.82) is 0 Å². The number of nitrogens with zero attached hydrogens (tertiary/aromatic N) is 1. The number of nitrogens with one attached hydrogen (secondary N) is 2. The van der Waals surface area contributed by atoms with Gasteiger partial charge in [0.2, 0.25) is 11.8 Å². The maximum atomic E-state index is 11.7. The minimum atomic E-state index is 0.0694. The van der Waals surface area contributed by atoms with Gasteiger partial charge >= 0.3 is 0 Å². The van der Waals surface area contributed by atoms with Crippen LogP contribution in [-0.2, 0) is 9.59 Å². The van der Waals surface area contributed by atoms with Crippen LogP contribution in [0.4, 0.5) is 0 Å². The predicted molar refractivity (Wildman–Crippen MR) is 66.6 cm³/mol. The average molecular weight is 241 g/mol. The third kappa shape index (κ3) is 5.68. The summed E-state index contributed by atoms with van der Waals surface area (Å²) in [7, 11) is 1.64. The molecule has 0 atom stereocenters. The standard InChI is InChI=1S/C12H23N3O2/c1-13-11(16)5-4-7-14-8-6-12(17)15-9-2-3-10-15/h14H,2-10H2,1H3,(H,13,16). The number of hydrogen-bond donors (Lipinski definition) is 2. The zero-order valence-electron chi connectivity index (χ0n) is 10.6. The highest BCUT2D eigenvalue weighted by atomic mass is 16.2. The van der Waals surface area contributed by atoms with Crippen molar-refractivity contribution in [2.24, 2.45) is 0 Å². The average Bonchev–Trinajstić information content (AvgIpc) is 2.86. The number of likely N-dealkylation sites (tertiary alicyclic amines) is 1. The van der Waals surface area contributed by atoms with Crippen molar-refractivity contribution in [3.05, 3.63) is 0 Å². The fourth-order valence-corrected chi connectivity index (χ4v) is 1.94. The largest absolute Gasteiger partial charge is 0.359 e. The fourth-order valence-electron chi connectivity index (χ4n) is 1.94. The second-order valence-electron chi connectivity index (χ2n) is 4.36. The van der Waals surface area contributed by atoms with Crippen molar-refractivity contribution in [2.75, 3.05) is 33.2 Å². The van der Waals surface area contributed by atoms with Crippen molar-refractivity contribution < 1.29 is 9.59 Å². The van der Waals surface area contributed by atoms with E-state index in [-0.39, 0.29) is 11.8 Å². The van der Waals surface area contributed by atoms with Crippen LogP contribution in [0.25, 0.3) is 0 Å². The lowest BCUT2D eigenvalue weighted by atomic mass is 10.3. The maximum Gasteiger partial charge on any atom is 0.223 e. The van der Waals surface area contributed by atoms with Gasteiger partial charge in [0, 0.05) is 39.5 Å². The molecule has 1 heterocycles. The number of carbonyl (C=O) groups excluding carboxylic acids is 2. The molecule has 0 spiro atoms. The van der Waals surface area contributed by atoms with Crippen LogP contribution in [0.3, 0.4) is 0 Å². The normalized spacial score (nSPS) is 15.0. The summed E-state index contributed by atoms with van der Waals surface area (Å²) in [6.45, 7) is 3.36. The summed E-state index contributed by atoms with van der Waals surface area (Å²) < 4.78 is 0. The van der Waals surface area contributed by atoms with Crippen molar-refractivity contribution in [3.8, 4) is 0 Å². The molecule has 0 saturated carbocycles. The van der Waals surface area contributed by atoms with Crippen molar-refractivity contribution in [2.45, 2.75) is 32.1 Å². The molecule has 1 fully saturated rings. The van der Waals surface area contributed by atoms with E-state index in [2.05, 4.69) is 10.6 Å². The predicted octanol–water partition coefficient (Wildman–Crippen LogP) is 0.115. The molecule has 0 unspecified atom stereocenters. The molecule has 1 aliphatic heterocycles. The van der Waals surface area contributed by atoms with E-state index < -0.39 is 0 Å². The Morgan fingerprint density at radius 1 is 1.12 bits per heavy atom. The first-order valence-electron chi connectivity index (χ1n) is 6.43. The van der Waals surface area contributed by atoms with E-state index in [4.69, 9.17) is 0 Å². The Hall–Kier alpha value is -1.10. The Balaban J connectivity index is 1.93. The van der Waals surface area contributed by atoms with Gasteiger partial charge in [0.25, 0.3) is 0 Å². The molecule has 98 valence electrons. The zero-order valence-corrected chi connectivity index (χ0v) is 10.6. The van der Waals surface area contributed by atoms with Gasteiger partial charge in [-0.3, -0.25) is 9.59 Å². The highest BCUT2D eigenvalue weighted by Gasteiger charge is 2.16. The van der Waals surface area contributed by atoms with Gasteiger partial charge in [-0.05, 0) is 25.8 Å². The second kappa shape index (κ2) is 8.06. The van der Waals surface area contributed by atoms with E-state index in [9.17, 15) is 9.59 Å². The Labute approximate surface area is 103 Å². The van der Waals surface area contributed by atoms with Crippen LogP contribution in [0.15, 0.2) is 0 Å². The first-order chi connectivity index (χ1) is 8.24.